The van der Waals surface area contributed by atoms with Gasteiger partial charge >= 0.3 is 0 Å². The summed E-state index contributed by atoms with van der Waals surface area (Å²) in [7, 11) is -0.966. The molecular weight excluding hydrogens is 370 g/mol. The van der Waals surface area contributed by atoms with Crippen LogP contribution in [0.2, 0.25) is 0 Å². The maximum atomic E-state index is 13.0. The minimum atomic E-state index is -0.966. The van der Waals surface area contributed by atoms with Crippen LogP contribution < -0.4 is 5.32 Å². The van der Waals surface area contributed by atoms with Gasteiger partial charge in [0.25, 0.3) is 5.91 Å². The Labute approximate surface area is 167 Å². The van der Waals surface area contributed by atoms with Gasteiger partial charge in [0.15, 0.2) is 0 Å². The fourth-order valence-corrected chi connectivity index (χ4v) is 5.02. The van der Waals surface area contributed by atoms with E-state index in [4.69, 9.17) is 5.10 Å². The van der Waals surface area contributed by atoms with Crippen LogP contribution in [0.4, 0.5) is 5.82 Å². The van der Waals surface area contributed by atoms with Gasteiger partial charge in [-0.1, -0.05) is 34.9 Å². The average Bonchev–Trinajstić information content (AvgIpc) is 3.11. The van der Waals surface area contributed by atoms with E-state index in [1.165, 1.54) is 5.56 Å². The summed E-state index contributed by atoms with van der Waals surface area (Å²) < 4.78 is 13.9. The predicted octanol–water partition coefficient (Wildman–Crippen LogP) is 4.12. The molecule has 4 rings (SSSR count). The van der Waals surface area contributed by atoms with Crippen molar-refractivity contribution < 1.29 is 9.00 Å². The van der Waals surface area contributed by atoms with E-state index in [9.17, 15) is 9.00 Å². The van der Waals surface area contributed by atoms with Crippen molar-refractivity contribution in [2.24, 2.45) is 0 Å². The van der Waals surface area contributed by atoms with E-state index in [1.807, 2.05) is 58.0 Å². The van der Waals surface area contributed by atoms with Crippen molar-refractivity contribution in [3.8, 4) is 5.69 Å². The van der Waals surface area contributed by atoms with Crippen molar-refractivity contribution in [3.63, 3.8) is 0 Å². The molecule has 6 heteroatoms. The quantitative estimate of drug-likeness (QED) is 0.728. The van der Waals surface area contributed by atoms with Crippen LogP contribution in [-0.4, -0.2) is 19.9 Å². The lowest BCUT2D eigenvalue weighted by Crippen LogP contribution is -2.17. The monoisotopic (exact) mass is 393 g/mol. The molecule has 3 aromatic rings. The smallest absolute Gasteiger partial charge is 0.256 e. The molecule has 0 saturated carbocycles. The first kappa shape index (κ1) is 18.6. The highest BCUT2D eigenvalue weighted by molar-refractivity contribution is 7.83. The van der Waals surface area contributed by atoms with Gasteiger partial charge in [0.05, 0.1) is 22.9 Å². The number of aromatic nitrogens is 2. The normalized spacial score (nSPS) is 15.5. The number of benzene rings is 2. The second-order valence-corrected chi connectivity index (χ2v) is 8.99. The Bertz CT molecular complexity index is 1110. The van der Waals surface area contributed by atoms with Gasteiger partial charge in [0, 0.05) is 21.9 Å². The molecule has 28 heavy (non-hydrogen) atoms. The molecule has 144 valence electrons. The molecule has 5 nitrogen and oxygen atoms in total. The molecule has 0 fully saturated rings. The number of anilines is 1. The lowest BCUT2D eigenvalue weighted by atomic mass is 10.1. The van der Waals surface area contributed by atoms with Gasteiger partial charge in [0.2, 0.25) is 0 Å². The molecule has 1 amide bonds. The first-order chi connectivity index (χ1) is 13.3. The van der Waals surface area contributed by atoms with E-state index in [-0.39, 0.29) is 5.91 Å². The number of carbonyl (C=O) groups excluding carboxylic acids is 1. The van der Waals surface area contributed by atoms with E-state index in [2.05, 4.69) is 11.4 Å². The summed E-state index contributed by atoms with van der Waals surface area (Å²) in [6.45, 7) is 8.03. The summed E-state index contributed by atoms with van der Waals surface area (Å²) in [5, 5.41) is 7.74. The number of fused-ring (bicyclic) bond motifs is 1. The molecular formula is C22H23N3O2S. The number of hydrogen-bond donors (Lipinski definition) is 1. The Morgan fingerprint density at radius 3 is 2.39 bits per heavy atom. The second-order valence-electron chi connectivity index (χ2n) is 7.53. The molecule has 2 heterocycles. The molecule has 0 spiro atoms. The number of hydrogen-bond acceptors (Lipinski definition) is 3. The van der Waals surface area contributed by atoms with Crippen molar-refractivity contribution >= 4 is 22.5 Å². The van der Waals surface area contributed by atoms with Gasteiger partial charge in [0.1, 0.15) is 5.82 Å². The van der Waals surface area contributed by atoms with Gasteiger partial charge in [-0.2, -0.15) is 5.10 Å². The van der Waals surface area contributed by atoms with E-state index in [0.717, 1.165) is 33.6 Å². The third-order valence-corrected chi connectivity index (χ3v) is 6.17. The Balaban J connectivity index is 1.79. The van der Waals surface area contributed by atoms with Crippen molar-refractivity contribution in [3.05, 3.63) is 75.5 Å². The van der Waals surface area contributed by atoms with E-state index >= 15 is 0 Å². The van der Waals surface area contributed by atoms with Crippen LogP contribution in [0.1, 0.15) is 43.9 Å². The number of carbonyl (C=O) groups is 1. The molecule has 1 aromatic heterocycles. The Morgan fingerprint density at radius 2 is 1.71 bits per heavy atom. The van der Waals surface area contributed by atoms with Gasteiger partial charge in [-0.15, -0.1) is 0 Å². The van der Waals surface area contributed by atoms with E-state index < -0.39 is 10.8 Å². The number of amides is 1. The topological polar surface area (TPSA) is 64.0 Å². The van der Waals surface area contributed by atoms with Crippen LogP contribution >= 0.6 is 0 Å². The molecule has 1 aliphatic rings. The molecule has 0 radical (unpaired) electrons. The fourth-order valence-electron chi connectivity index (χ4n) is 3.76. The number of nitrogens with one attached hydrogen (secondary N) is 1. The summed E-state index contributed by atoms with van der Waals surface area (Å²) in [6.07, 6.45) is 0. The summed E-state index contributed by atoms with van der Waals surface area (Å²) in [5.74, 6) is 1.29. The lowest BCUT2D eigenvalue weighted by Gasteiger charge is -2.14. The van der Waals surface area contributed by atoms with Crippen LogP contribution in [0.15, 0.2) is 36.4 Å². The minimum Gasteiger partial charge on any atom is -0.306 e. The van der Waals surface area contributed by atoms with Crippen LogP contribution in [0.3, 0.4) is 0 Å². The number of aryl methyl sites for hydroxylation is 4. The largest absolute Gasteiger partial charge is 0.306 e. The highest BCUT2D eigenvalue weighted by Crippen LogP contribution is 2.32. The zero-order valence-corrected chi connectivity index (χ0v) is 17.3. The van der Waals surface area contributed by atoms with Crippen molar-refractivity contribution in [2.45, 2.75) is 39.2 Å². The molecule has 2 aromatic carbocycles. The number of nitrogens with zero attached hydrogens (tertiary/aromatic N) is 2. The third kappa shape index (κ3) is 3.40. The zero-order valence-electron chi connectivity index (χ0n) is 16.5. The van der Waals surface area contributed by atoms with Crippen LogP contribution in [0, 0.1) is 27.7 Å². The standard InChI is InChI=1S/C22H23N3O2S/c1-13-5-6-20(16(4)8-13)25-21(18-11-28(27)12-19(18)24-25)23-22(26)17-9-14(2)7-15(3)10-17/h5-10H,11-12H2,1-4H3,(H,23,26)/t28-/m0/s1. The first-order valence-corrected chi connectivity index (χ1v) is 10.7. The van der Waals surface area contributed by atoms with E-state index in [1.54, 1.807) is 4.68 Å². The van der Waals surface area contributed by atoms with Gasteiger partial charge in [-0.3, -0.25) is 9.00 Å². The molecule has 0 bridgehead atoms. The summed E-state index contributed by atoms with van der Waals surface area (Å²) in [6, 6.07) is 11.9. The van der Waals surface area contributed by atoms with E-state index in [0.29, 0.717) is 22.9 Å². The second kappa shape index (κ2) is 7.02. The van der Waals surface area contributed by atoms with Crippen molar-refractivity contribution in [2.75, 3.05) is 5.32 Å². The first-order valence-electron chi connectivity index (χ1n) is 9.25. The molecule has 0 saturated heterocycles. The Kier molecular flexibility index (Phi) is 4.67. The molecule has 0 aliphatic carbocycles. The average molecular weight is 394 g/mol. The van der Waals surface area contributed by atoms with Crippen LogP contribution in [0.25, 0.3) is 5.69 Å². The highest BCUT2D eigenvalue weighted by atomic mass is 32.2. The Morgan fingerprint density at radius 1 is 1.00 bits per heavy atom. The van der Waals surface area contributed by atoms with Crippen LogP contribution in [-0.2, 0) is 22.3 Å². The maximum absolute atomic E-state index is 13.0. The predicted molar refractivity (Wildman–Crippen MR) is 112 cm³/mol. The summed E-state index contributed by atoms with van der Waals surface area (Å²) >= 11 is 0. The zero-order chi connectivity index (χ0) is 20.0. The molecule has 1 aliphatic heterocycles. The van der Waals surface area contributed by atoms with Crippen molar-refractivity contribution in [1.29, 1.82) is 0 Å². The fraction of sp³-hybridized carbons (Fsp3) is 0.273. The SMILES string of the molecule is Cc1cc(C)cc(C(=O)Nc2c3c(nn2-c2ccc(C)cc2C)C[S@@](=O)C3)c1. The van der Waals surface area contributed by atoms with Crippen molar-refractivity contribution in [1.82, 2.24) is 9.78 Å². The maximum Gasteiger partial charge on any atom is 0.256 e. The highest BCUT2D eigenvalue weighted by Gasteiger charge is 2.29. The lowest BCUT2D eigenvalue weighted by molar-refractivity contribution is 0.102. The minimum absolute atomic E-state index is 0.182. The molecule has 1 N–H and O–H groups in total. The van der Waals surface area contributed by atoms with Gasteiger partial charge in [-0.25, -0.2) is 4.68 Å². The van der Waals surface area contributed by atoms with Crippen LogP contribution in [0.5, 0.6) is 0 Å². The summed E-state index contributed by atoms with van der Waals surface area (Å²) in [5.41, 5.74) is 7.52. The van der Waals surface area contributed by atoms with Gasteiger partial charge < -0.3 is 5.32 Å². The molecule has 1 atom stereocenters. The Hall–Kier alpha value is -2.73. The number of rotatable bonds is 3. The summed E-state index contributed by atoms with van der Waals surface area (Å²) in [4.78, 5) is 13.0. The third-order valence-electron chi connectivity index (χ3n) is 4.97. The van der Waals surface area contributed by atoms with Gasteiger partial charge in [-0.05, 0) is 51.5 Å². The molecule has 0 unspecified atom stereocenters.